The summed E-state index contributed by atoms with van der Waals surface area (Å²) >= 11 is 0. The van der Waals surface area contributed by atoms with Crippen LogP contribution in [0.15, 0.2) is 23.2 Å². The molecule has 1 unspecified atom stereocenters. The fourth-order valence-corrected chi connectivity index (χ4v) is 2.68. The Bertz CT molecular complexity index is 598. The summed E-state index contributed by atoms with van der Waals surface area (Å²) in [7, 11) is 0. The van der Waals surface area contributed by atoms with Gasteiger partial charge in [-0.3, -0.25) is 0 Å². The Morgan fingerprint density at radius 1 is 1.29 bits per heavy atom. The molecule has 2 aliphatic heterocycles. The predicted molar refractivity (Wildman–Crippen MR) is 78.8 cm³/mol. The maximum absolute atomic E-state index is 12.0. The maximum atomic E-state index is 12.0. The number of carbonyl (C=O) groups excluding carboxylic acids is 1. The molecule has 1 aromatic carbocycles. The predicted octanol–water partition coefficient (Wildman–Crippen LogP) is 2.09. The van der Waals surface area contributed by atoms with Gasteiger partial charge in [0.05, 0.1) is 13.2 Å². The Morgan fingerprint density at radius 3 is 2.71 bits per heavy atom. The molecule has 0 saturated carbocycles. The van der Waals surface area contributed by atoms with E-state index in [-0.39, 0.29) is 18.1 Å². The van der Waals surface area contributed by atoms with Crippen molar-refractivity contribution >= 4 is 11.9 Å². The van der Waals surface area contributed by atoms with E-state index in [1.807, 2.05) is 32.0 Å². The third-order valence-electron chi connectivity index (χ3n) is 3.65. The quantitative estimate of drug-likeness (QED) is 0.904. The molecule has 2 amide bonds. The van der Waals surface area contributed by atoms with E-state index in [0.29, 0.717) is 24.8 Å². The molecule has 21 heavy (non-hydrogen) atoms. The first-order chi connectivity index (χ1) is 10.1. The van der Waals surface area contributed by atoms with Gasteiger partial charge in [-0.25, -0.2) is 4.79 Å². The standard InChI is InChI=1S/C15H19N3O3/c1-9(2)18-13(14(16)17-15(18)19)10-4-5-11-12(8-10)21-7-3-6-20-11/h4-5,8-9,13H,3,6-7H2,1-2H3,(H2,16,17,19). The molecule has 2 N–H and O–H groups in total. The summed E-state index contributed by atoms with van der Waals surface area (Å²) in [5.41, 5.74) is 6.84. The van der Waals surface area contributed by atoms with Crippen molar-refractivity contribution in [3.8, 4) is 11.5 Å². The zero-order valence-electron chi connectivity index (χ0n) is 12.2. The van der Waals surface area contributed by atoms with Crippen LogP contribution in [0.4, 0.5) is 4.79 Å². The van der Waals surface area contributed by atoms with Gasteiger partial charge in [0.15, 0.2) is 11.5 Å². The van der Waals surface area contributed by atoms with Crippen molar-refractivity contribution in [2.24, 2.45) is 10.7 Å². The van der Waals surface area contributed by atoms with Gasteiger partial charge < -0.3 is 20.1 Å². The van der Waals surface area contributed by atoms with Crippen molar-refractivity contribution in [1.82, 2.24) is 4.90 Å². The molecule has 0 aromatic heterocycles. The van der Waals surface area contributed by atoms with Gasteiger partial charge in [0, 0.05) is 12.5 Å². The van der Waals surface area contributed by atoms with Crippen LogP contribution in [-0.2, 0) is 0 Å². The number of amides is 2. The van der Waals surface area contributed by atoms with Crippen LogP contribution in [0.25, 0.3) is 0 Å². The van der Waals surface area contributed by atoms with Crippen molar-refractivity contribution < 1.29 is 14.3 Å². The van der Waals surface area contributed by atoms with Crippen LogP contribution in [-0.4, -0.2) is 36.0 Å². The Morgan fingerprint density at radius 2 is 2.00 bits per heavy atom. The second kappa shape index (κ2) is 5.27. The van der Waals surface area contributed by atoms with Crippen LogP contribution < -0.4 is 15.2 Å². The first-order valence-corrected chi connectivity index (χ1v) is 7.14. The van der Waals surface area contributed by atoms with Crippen LogP contribution in [0, 0.1) is 0 Å². The fraction of sp³-hybridized carbons (Fsp3) is 0.467. The van der Waals surface area contributed by atoms with Gasteiger partial charge in [-0.2, -0.15) is 4.99 Å². The maximum Gasteiger partial charge on any atom is 0.346 e. The van der Waals surface area contributed by atoms with E-state index < -0.39 is 0 Å². The molecule has 2 aliphatic rings. The zero-order chi connectivity index (χ0) is 15.0. The van der Waals surface area contributed by atoms with E-state index in [9.17, 15) is 4.79 Å². The van der Waals surface area contributed by atoms with Crippen LogP contribution in [0.1, 0.15) is 31.9 Å². The number of urea groups is 1. The highest BCUT2D eigenvalue weighted by Gasteiger charge is 2.36. The molecule has 6 heteroatoms. The Kier molecular flexibility index (Phi) is 3.45. The molecule has 1 atom stereocenters. The number of carbonyl (C=O) groups is 1. The van der Waals surface area contributed by atoms with Gasteiger partial charge in [0.25, 0.3) is 0 Å². The minimum absolute atomic E-state index is 0.0169. The Labute approximate surface area is 123 Å². The summed E-state index contributed by atoms with van der Waals surface area (Å²) in [6.45, 7) is 5.16. The summed E-state index contributed by atoms with van der Waals surface area (Å²) in [6.07, 6.45) is 0.855. The van der Waals surface area contributed by atoms with Gasteiger partial charge in [0.2, 0.25) is 0 Å². The minimum atomic E-state index is -0.338. The molecule has 2 heterocycles. The lowest BCUT2D eigenvalue weighted by Gasteiger charge is -2.28. The molecule has 0 bridgehead atoms. The van der Waals surface area contributed by atoms with Gasteiger partial charge >= 0.3 is 6.03 Å². The normalized spacial score (nSPS) is 21.5. The fourth-order valence-electron chi connectivity index (χ4n) is 2.68. The molecule has 0 fully saturated rings. The third kappa shape index (κ3) is 2.41. The number of fused-ring (bicyclic) bond motifs is 1. The molecular formula is C15H19N3O3. The number of hydrogen-bond donors (Lipinski definition) is 1. The average molecular weight is 289 g/mol. The number of benzene rings is 1. The van der Waals surface area contributed by atoms with Crippen LogP contribution in [0.2, 0.25) is 0 Å². The first kappa shape index (κ1) is 13.7. The SMILES string of the molecule is CC(C)N1C(=O)N=C(N)C1c1ccc2c(c1)OCCCO2. The number of nitrogens with two attached hydrogens (primary N) is 1. The molecule has 0 spiro atoms. The molecule has 112 valence electrons. The molecule has 1 aromatic rings. The van der Waals surface area contributed by atoms with Crippen LogP contribution in [0.5, 0.6) is 11.5 Å². The topological polar surface area (TPSA) is 77.2 Å². The average Bonchev–Trinajstić information content (AvgIpc) is 2.62. The summed E-state index contributed by atoms with van der Waals surface area (Å²) in [5, 5.41) is 0. The molecule has 6 nitrogen and oxygen atoms in total. The van der Waals surface area contributed by atoms with E-state index in [1.165, 1.54) is 0 Å². The number of amidine groups is 1. The third-order valence-corrected chi connectivity index (χ3v) is 3.65. The molecule has 3 rings (SSSR count). The zero-order valence-corrected chi connectivity index (χ0v) is 12.2. The van der Waals surface area contributed by atoms with Gasteiger partial charge in [-0.15, -0.1) is 0 Å². The van der Waals surface area contributed by atoms with Gasteiger partial charge in [0.1, 0.15) is 11.9 Å². The summed E-state index contributed by atoms with van der Waals surface area (Å²) < 4.78 is 11.3. The Hall–Kier alpha value is -2.24. The van der Waals surface area contributed by atoms with Crippen molar-refractivity contribution in [1.29, 1.82) is 0 Å². The van der Waals surface area contributed by atoms with E-state index in [2.05, 4.69) is 4.99 Å². The number of ether oxygens (including phenoxy) is 2. The van der Waals surface area contributed by atoms with Crippen molar-refractivity contribution in [3.63, 3.8) is 0 Å². The van der Waals surface area contributed by atoms with Crippen molar-refractivity contribution in [2.75, 3.05) is 13.2 Å². The lowest BCUT2D eigenvalue weighted by atomic mass is 10.0. The summed E-state index contributed by atoms with van der Waals surface area (Å²) in [4.78, 5) is 17.5. The first-order valence-electron chi connectivity index (χ1n) is 7.14. The van der Waals surface area contributed by atoms with Gasteiger partial charge in [-0.05, 0) is 31.5 Å². The molecular weight excluding hydrogens is 270 g/mol. The molecule has 0 saturated heterocycles. The van der Waals surface area contributed by atoms with Crippen LogP contribution >= 0.6 is 0 Å². The van der Waals surface area contributed by atoms with Crippen molar-refractivity contribution in [2.45, 2.75) is 32.4 Å². The number of aliphatic imine (C=N–C) groups is 1. The van der Waals surface area contributed by atoms with E-state index in [1.54, 1.807) is 4.90 Å². The highest BCUT2D eigenvalue weighted by molar-refractivity contribution is 6.03. The monoisotopic (exact) mass is 289 g/mol. The minimum Gasteiger partial charge on any atom is -0.490 e. The largest absolute Gasteiger partial charge is 0.490 e. The smallest absolute Gasteiger partial charge is 0.346 e. The van der Waals surface area contributed by atoms with Crippen molar-refractivity contribution in [3.05, 3.63) is 23.8 Å². The summed E-state index contributed by atoms with van der Waals surface area (Å²) in [6, 6.07) is 5.05. The summed E-state index contributed by atoms with van der Waals surface area (Å²) in [5.74, 6) is 1.75. The lowest BCUT2D eigenvalue weighted by Crippen LogP contribution is -2.38. The van der Waals surface area contributed by atoms with E-state index in [4.69, 9.17) is 15.2 Å². The second-order valence-corrected chi connectivity index (χ2v) is 5.48. The highest BCUT2D eigenvalue weighted by atomic mass is 16.5. The van der Waals surface area contributed by atoms with Gasteiger partial charge in [-0.1, -0.05) is 6.07 Å². The molecule has 0 radical (unpaired) electrons. The molecule has 0 aliphatic carbocycles. The van der Waals surface area contributed by atoms with E-state index >= 15 is 0 Å². The lowest BCUT2D eigenvalue weighted by molar-refractivity contribution is 0.190. The van der Waals surface area contributed by atoms with E-state index in [0.717, 1.165) is 17.7 Å². The second-order valence-electron chi connectivity index (χ2n) is 5.48. The number of rotatable bonds is 2. The highest BCUT2D eigenvalue weighted by Crippen LogP contribution is 2.36. The number of nitrogens with zero attached hydrogens (tertiary/aromatic N) is 2. The van der Waals surface area contributed by atoms with Crippen LogP contribution in [0.3, 0.4) is 0 Å². The number of hydrogen-bond acceptors (Lipinski definition) is 4. The Balaban J connectivity index is 1.98.